The Morgan fingerprint density at radius 1 is 1.42 bits per heavy atom. The number of aryl methyl sites for hydroxylation is 1. The Morgan fingerprint density at radius 2 is 2.19 bits per heavy atom. The first-order chi connectivity index (χ1) is 14.8. The van der Waals surface area contributed by atoms with Crippen molar-refractivity contribution < 1.29 is 13.9 Å². The molecule has 31 heavy (non-hydrogen) atoms. The van der Waals surface area contributed by atoms with Gasteiger partial charge in [0.15, 0.2) is 0 Å². The Balaban J connectivity index is 1.85. The van der Waals surface area contributed by atoms with Gasteiger partial charge in [-0.15, -0.1) is 0 Å². The van der Waals surface area contributed by atoms with E-state index in [4.69, 9.17) is 22.1 Å². The molecule has 3 heterocycles. The number of fused-ring (bicyclic) bond motifs is 1. The molecule has 0 unspecified atom stereocenters. The molecule has 160 valence electrons. The van der Waals surface area contributed by atoms with Crippen LogP contribution in [0.3, 0.4) is 0 Å². The van der Waals surface area contributed by atoms with Crippen LogP contribution in [-0.4, -0.2) is 32.8 Å². The molecule has 0 saturated heterocycles. The summed E-state index contributed by atoms with van der Waals surface area (Å²) in [5.41, 5.74) is 9.65. The van der Waals surface area contributed by atoms with Crippen molar-refractivity contribution in [2.45, 2.75) is 19.3 Å². The molecule has 0 aliphatic rings. The van der Waals surface area contributed by atoms with Gasteiger partial charge in [-0.1, -0.05) is 18.5 Å². The lowest BCUT2D eigenvalue weighted by molar-refractivity contribution is -0.117. The number of aromatic amines is 1. The minimum absolute atomic E-state index is 0.0285. The van der Waals surface area contributed by atoms with Crippen molar-refractivity contribution in [3.63, 3.8) is 0 Å². The topological polar surface area (TPSA) is 98.8 Å². The van der Waals surface area contributed by atoms with Gasteiger partial charge in [0, 0.05) is 53.6 Å². The van der Waals surface area contributed by atoms with Crippen LogP contribution in [0.25, 0.3) is 22.2 Å². The molecule has 0 saturated carbocycles. The van der Waals surface area contributed by atoms with Crippen molar-refractivity contribution >= 4 is 28.5 Å². The Bertz CT molecular complexity index is 1300. The van der Waals surface area contributed by atoms with E-state index >= 15 is 0 Å². The number of nitrogens with two attached hydrogens (primary N) is 1. The van der Waals surface area contributed by atoms with Crippen LogP contribution in [0.1, 0.15) is 29.7 Å². The molecule has 3 N–H and O–H groups in total. The molecular weight excluding hydrogens is 421 g/mol. The van der Waals surface area contributed by atoms with Crippen LogP contribution in [0.4, 0.5) is 4.39 Å². The average molecular weight is 442 g/mol. The number of halogens is 2. The molecular formula is C22H21ClFN5O2. The number of amides is 1. The fourth-order valence-electron chi connectivity index (χ4n) is 3.89. The Morgan fingerprint density at radius 3 is 2.90 bits per heavy atom. The molecule has 4 aromatic rings. The smallest absolute Gasteiger partial charge is 0.223 e. The molecule has 0 fully saturated rings. The van der Waals surface area contributed by atoms with E-state index in [1.54, 1.807) is 24.0 Å². The number of carbonyl (C=O) groups is 1. The average Bonchev–Trinajstić information content (AvgIpc) is 3.31. The largest absolute Gasteiger partial charge is 0.496 e. The second-order valence-corrected chi connectivity index (χ2v) is 7.75. The van der Waals surface area contributed by atoms with Crippen LogP contribution in [0.15, 0.2) is 36.8 Å². The van der Waals surface area contributed by atoms with Crippen molar-refractivity contribution in [3.8, 4) is 16.9 Å². The van der Waals surface area contributed by atoms with Crippen molar-refractivity contribution in [3.05, 3.63) is 64.5 Å². The quantitative estimate of drug-likeness (QED) is 0.473. The number of methoxy groups -OCH3 is 1. The molecule has 1 amide bonds. The van der Waals surface area contributed by atoms with Crippen LogP contribution in [0.2, 0.25) is 5.02 Å². The normalized spacial score (nSPS) is 12.3. The fourth-order valence-corrected chi connectivity index (χ4v) is 4.21. The van der Waals surface area contributed by atoms with Gasteiger partial charge in [0.1, 0.15) is 17.2 Å². The summed E-state index contributed by atoms with van der Waals surface area (Å²) in [6.07, 6.45) is 5.40. The van der Waals surface area contributed by atoms with E-state index in [1.165, 1.54) is 13.2 Å². The van der Waals surface area contributed by atoms with Gasteiger partial charge in [0.2, 0.25) is 5.91 Å². The summed E-state index contributed by atoms with van der Waals surface area (Å²) >= 11 is 6.30. The first-order valence-corrected chi connectivity index (χ1v) is 9.98. The highest BCUT2D eigenvalue weighted by Gasteiger charge is 2.23. The van der Waals surface area contributed by atoms with E-state index < -0.39 is 11.7 Å². The molecule has 0 aliphatic heterocycles. The highest BCUT2D eigenvalue weighted by molar-refractivity contribution is 6.31. The molecule has 9 heteroatoms. The summed E-state index contributed by atoms with van der Waals surface area (Å²) in [4.78, 5) is 19.1. The lowest BCUT2D eigenvalue weighted by Gasteiger charge is -2.17. The maximum atomic E-state index is 14.2. The number of H-pyrrole nitrogens is 1. The number of rotatable bonds is 6. The molecule has 0 spiro atoms. The zero-order chi connectivity index (χ0) is 22.3. The number of aromatic nitrogens is 4. The number of ether oxygens (including phenoxy) is 1. The summed E-state index contributed by atoms with van der Waals surface area (Å²) in [5.74, 6) is -0.733. The summed E-state index contributed by atoms with van der Waals surface area (Å²) in [6, 6.07) is 4.82. The zero-order valence-corrected chi connectivity index (χ0v) is 18.0. The Kier molecular flexibility index (Phi) is 5.41. The third-order valence-corrected chi connectivity index (χ3v) is 5.72. The number of hydrogen-bond donors (Lipinski definition) is 2. The number of primary amides is 1. The first kappa shape index (κ1) is 20.9. The summed E-state index contributed by atoms with van der Waals surface area (Å²) < 4.78 is 21.3. The molecule has 4 rings (SSSR count). The third kappa shape index (κ3) is 3.74. The van der Waals surface area contributed by atoms with Crippen LogP contribution >= 0.6 is 11.6 Å². The number of pyridine rings is 1. The van der Waals surface area contributed by atoms with Crippen LogP contribution in [0, 0.1) is 5.82 Å². The van der Waals surface area contributed by atoms with Gasteiger partial charge in [-0.05, 0) is 23.8 Å². The highest BCUT2D eigenvalue weighted by atomic mass is 35.5. The predicted octanol–water partition coefficient (Wildman–Crippen LogP) is 3.94. The maximum absolute atomic E-state index is 14.2. The van der Waals surface area contributed by atoms with Crippen LogP contribution in [-0.2, 0) is 18.3 Å². The lowest BCUT2D eigenvalue weighted by Crippen LogP contribution is -2.14. The Labute approximate surface area is 183 Å². The van der Waals surface area contributed by atoms with Crippen molar-refractivity contribution in [1.82, 2.24) is 19.7 Å². The Hall–Kier alpha value is -3.39. The number of carbonyl (C=O) groups excluding carboxylic acids is 1. The lowest BCUT2D eigenvalue weighted by atomic mass is 9.91. The highest BCUT2D eigenvalue weighted by Crippen LogP contribution is 2.41. The third-order valence-electron chi connectivity index (χ3n) is 5.33. The molecule has 0 radical (unpaired) electrons. The number of benzene rings is 1. The summed E-state index contributed by atoms with van der Waals surface area (Å²) in [6.45, 7) is 1.93. The minimum Gasteiger partial charge on any atom is -0.496 e. The molecule has 1 aromatic carbocycles. The van der Waals surface area contributed by atoms with Gasteiger partial charge in [0.25, 0.3) is 0 Å². The van der Waals surface area contributed by atoms with Crippen LogP contribution in [0.5, 0.6) is 5.75 Å². The molecule has 1 atom stereocenters. The van der Waals surface area contributed by atoms with E-state index in [1.807, 2.05) is 25.4 Å². The molecule has 3 aromatic heterocycles. The summed E-state index contributed by atoms with van der Waals surface area (Å²) in [7, 11) is 3.30. The van der Waals surface area contributed by atoms with Gasteiger partial charge >= 0.3 is 0 Å². The fraction of sp³-hybridized carbons (Fsp3) is 0.227. The van der Waals surface area contributed by atoms with E-state index in [0.717, 1.165) is 22.1 Å². The van der Waals surface area contributed by atoms with E-state index in [9.17, 15) is 9.18 Å². The van der Waals surface area contributed by atoms with Crippen molar-refractivity contribution in [2.75, 3.05) is 7.11 Å². The second kappa shape index (κ2) is 8.03. The van der Waals surface area contributed by atoms with Gasteiger partial charge in [-0.3, -0.25) is 9.48 Å². The predicted molar refractivity (Wildman–Crippen MR) is 117 cm³/mol. The van der Waals surface area contributed by atoms with E-state index in [-0.39, 0.29) is 17.4 Å². The van der Waals surface area contributed by atoms with Gasteiger partial charge in [-0.25, -0.2) is 9.37 Å². The van der Waals surface area contributed by atoms with Gasteiger partial charge < -0.3 is 15.5 Å². The van der Waals surface area contributed by atoms with Crippen molar-refractivity contribution in [1.29, 1.82) is 0 Å². The van der Waals surface area contributed by atoms with E-state index in [2.05, 4.69) is 15.1 Å². The number of nitrogens with one attached hydrogen (secondary N) is 1. The van der Waals surface area contributed by atoms with Gasteiger partial charge in [-0.2, -0.15) is 5.10 Å². The summed E-state index contributed by atoms with van der Waals surface area (Å²) in [5, 5.41) is 5.23. The first-order valence-electron chi connectivity index (χ1n) is 9.60. The minimum atomic E-state index is -0.505. The second-order valence-electron chi connectivity index (χ2n) is 7.37. The maximum Gasteiger partial charge on any atom is 0.223 e. The molecule has 7 nitrogen and oxygen atoms in total. The van der Waals surface area contributed by atoms with E-state index in [0.29, 0.717) is 22.7 Å². The number of hydrogen-bond acceptors (Lipinski definition) is 4. The SMILES string of the molecule is COc1ccc(F)c(Cl)c1[C@@H](C)c1c[nH]c2ncc(-c3cn(C)nc3CC(N)=O)cc12. The molecule has 0 aliphatic carbocycles. The monoisotopic (exact) mass is 441 g/mol. The standard InChI is InChI=1S/C22H21ClFN5O2/c1-11(20-18(31-3)5-4-16(24)21(20)23)14-9-27-22-13(14)6-12(8-26-22)15-10-29(2)28-17(15)7-19(25)30/h4-6,8-11H,7H2,1-3H3,(H2,25,30)(H,26,27)/t11-/m0/s1. The zero-order valence-electron chi connectivity index (χ0n) is 17.2. The number of nitrogens with zero attached hydrogens (tertiary/aromatic N) is 3. The molecule has 0 bridgehead atoms. The van der Waals surface area contributed by atoms with Crippen molar-refractivity contribution in [2.24, 2.45) is 12.8 Å². The van der Waals surface area contributed by atoms with Gasteiger partial charge in [0.05, 0.1) is 24.2 Å². The van der Waals surface area contributed by atoms with Crippen LogP contribution < -0.4 is 10.5 Å².